The van der Waals surface area contributed by atoms with Gasteiger partial charge in [-0.15, -0.1) is 0 Å². The van der Waals surface area contributed by atoms with Crippen molar-refractivity contribution in [2.24, 2.45) is 5.92 Å². The van der Waals surface area contributed by atoms with Gasteiger partial charge in [-0.25, -0.2) is 0 Å². The van der Waals surface area contributed by atoms with Crippen molar-refractivity contribution in [1.29, 1.82) is 0 Å². The van der Waals surface area contributed by atoms with Crippen LogP contribution in [0.25, 0.3) is 0 Å². The number of rotatable bonds is 4. The van der Waals surface area contributed by atoms with E-state index in [2.05, 4.69) is 4.74 Å². The van der Waals surface area contributed by atoms with Crippen molar-refractivity contribution in [3.63, 3.8) is 0 Å². The summed E-state index contributed by atoms with van der Waals surface area (Å²) in [5.74, 6) is -0.0856. The molecule has 1 saturated carbocycles. The fraction of sp³-hybridized carbons (Fsp3) is 0.429. The number of Topliss-reactive ketones (excluding diaryl/α,β-unsaturated/α-hetero) is 1. The molecule has 1 atom stereocenters. The standard InChI is InChI=1S/C14H16O3/c1-9(14(16)17-2)10-3-5-11(6-4-10)13(15)12-7-8-12/h3-6,9,12H,7-8H2,1-2H3/t9-/m0/s1. The summed E-state index contributed by atoms with van der Waals surface area (Å²) in [6.07, 6.45) is 2.03. The number of ether oxygens (including phenoxy) is 1. The van der Waals surface area contributed by atoms with Crippen LogP contribution >= 0.6 is 0 Å². The summed E-state index contributed by atoms with van der Waals surface area (Å²) >= 11 is 0. The highest BCUT2D eigenvalue weighted by atomic mass is 16.5. The van der Waals surface area contributed by atoms with Gasteiger partial charge in [0.2, 0.25) is 0 Å². The van der Waals surface area contributed by atoms with Crippen molar-refractivity contribution in [3.8, 4) is 0 Å². The van der Waals surface area contributed by atoms with E-state index in [1.807, 2.05) is 12.1 Å². The Bertz CT molecular complexity index is 429. The summed E-state index contributed by atoms with van der Waals surface area (Å²) in [6, 6.07) is 7.26. The molecule has 1 fully saturated rings. The fourth-order valence-corrected chi connectivity index (χ4v) is 1.83. The molecule has 0 bridgehead atoms. The lowest BCUT2D eigenvalue weighted by molar-refractivity contribution is -0.141. The molecule has 0 N–H and O–H groups in total. The molecule has 0 heterocycles. The second-order valence-electron chi connectivity index (χ2n) is 4.51. The van der Waals surface area contributed by atoms with Crippen molar-refractivity contribution >= 4 is 11.8 Å². The number of carbonyl (C=O) groups excluding carboxylic acids is 2. The van der Waals surface area contributed by atoms with Crippen LogP contribution in [0.2, 0.25) is 0 Å². The summed E-state index contributed by atoms with van der Waals surface area (Å²) in [7, 11) is 1.38. The summed E-state index contributed by atoms with van der Waals surface area (Å²) in [4.78, 5) is 23.1. The predicted molar refractivity (Wildman–Crippen MR) is 63.9 cm³/mol. The zero-order chi connectivity index (χ0) is 12.4. The van der Waals surface area contributed by atoms with E-state index in [1.165, 1.54) is 7.11 Å². The molecule has 0 radical (unpaired) electrons. The van der Waals surface area contributed by atoms with E-state index in [1.54, 1.807) is 19.1 Å². The van der Waals surface area contributed by atoms with Gasteiger partial charge in [0.25, 0.3) is 0 Å². The van der Waals surface area contributed by atoms with Crippen molar-refractivity contribution in [1.82, 2.24) is 0 Å². The third-order valence-corrected chi connectivity index (χ3v) is 3.20. The Balaban J connectivity index is 2.12. The predicted octanol–water partition coefficient (Wildman–Crippen LogP) is 2.56. The Morgan fingerprint density at radius 1 is 1.24 bits per heavy atom. The largest absolute Gasteiger partial charge is 0.469 e. The first-order chi connectivity index (χ1) is 8.13. The highest BCUT2D eigenvalue weighted by Crippen LogP contribution is 2.32. The third-order valence-electron chi connectivity index (χ3n) is 3.20. The van der Waals surface area contributed by atoms with E-state index in [4.69, 9.17) is 0 Å². The first-order valence-electron chi connectivity index (χ1n) is 5.85. The molecular weight excluding hydrogens is 216 g/mol. The number of methoxy groups -OCH3 is 1. The molecule has 1 aliphatic rings. The van der Waals surface area contributed by atoms with Crippen LogP contribution in [0.3, 0.4) is 0 Å². The van der Waals surface area contributed by atoms with Crippen LogP contribution in [0.4, 0.5) is 0 Å². The van der Waals surface area contributed by atoms with Crippen LogP contribution in [0, 0.1) is 5.92 Å². The molecule has 1 aromatic rings. The highest BCUT2D eigenvalue weighted by Gasteiger charge is 2.30. The number of ketones is 1. The van der Waals surface area contributed by atoms with E-state index in [-0.39, 0.29) is 23.6 Å². The average molecular weight is 232 g/mol. The summed E-state index contributed by atoms with van der Waals surface area (Å²) < 4.78 is 4.69. The van der Waals surface area contributed by atoms with Crippen molar-refractivity contribution in [3.05, 3.63) is 35.4 Å². The van der Waals surface area contributed by atoms with Gasteiger partial charge in [-0.05, 0) is 25.3 Å². The molecule has 1 aliphatic carbocycles. The van der Waals surface area contributed by atoms with Gasteiger partial charge in [0, 0.05) is 11.5 Å². The number of carbonyl (C=O) groups is 2. The minimum absolute atomic E-state index is 0.224. The first kappa shape index (κ1) is 11.8. The van der Waals surface area contributed by atoms with Crippen LogP contribution in [-0.2, 0) is 9.53 Å². The number of esters is 1. The summed E-state index contributed by atoms with van der Waals surface area (Å²) in [5.41, 5.74) is 1.62. The van der Waals surface area contributed by atoms with Crippen LogP contribution in [0.15, 0.2) is 24.3 Å². The Morgan fingerprint density at radius 2 is 1.82 bits per heavy atom. The van der Waals surface area contributed by atoms with Crippen molar-refractivity contribution in [2.45, 2.75) is 25.7 Å². The van der Waals surface area contributed by atoms with Crippen LogP contribution in [0.5, 0.6) is 0 Å². The molecule has 0 spiro atoms. The highest BCUT2D eigenvalue weighted by molar-refractivity contribution is 5.99. The molecule has 90 valence electrons. The second-order valence-corrected chi connectivity index (χ2v) is 4.51. The Hall–Kier alpha value is -1.64. The van der Waals surface area contributed by atoms with Gasteiger partial charge < -0.3 is 4.74 Å². The lowest BCUT2D eigenvalue weighted by Gasteiger charge is -2.09. The van der Waals surface area contributed by atoms with Gasteiger partial charge in [-0.1, -0.05) is 24.3 Å². The minimum atomic E-state index is -0.287. The normalized spacial score (nSPS) is 16.4. The van der Waals surface area contributed by atoms with Gasteiger partial charge in [-0.2, -0.15) is 0 Å². The van der Waals surface area contributed by atoms with Crippen LogP contribution in [-0.4, -0.2) is 18.9 Å². The Morgan fingerprint density at radius 3 is 2.29 bits per heavy atom. The van der Waals surface area contributed by atoms with E-state index < -0.39 is 0 Å². The van der Waals surface area contributed by atoms with Crippen LogP contribution in [0.1, 0.15) is 41.6 Å². The van der Waals surface area contributed by atoms with E-state index in [0.717, 1.165) is 24.0 Å². The quantitative estimate of drug-likeness (QED) is 0.592. The molecule has 17 heavy (non-hydrogen) atoms. The molecular formula is C14H16O3. The average Bonchev–Trinajstić information content (AvgIpc) is 3.20. The second kappa shape index (κ2) is 4.70. The maximum atomic E-state index is 11.8. The lowest BCUT2D eigenvalue weighted by atomic mass is 9.98. The van der Waals surface area contributed by atoms with E-state index >= 15 is 0 Å². The van der Waals surface area contributed by atoms with Crippen LogP contribution < -0.4 is 0 Å². The maximum absolute atomic E-state index is 11.8. The smallest absolute Gasteiger partial charge is 0.312 e. The van der Waals surface area contributed by atoms with E-state index in [9.17, 15) is 9.59 Å². The molecule has 2 rings (SSSR count). The van der Waals surface area contributed by atoms with Gasteiger partial charge in [0.15, 0.2) is 5.78 Å². The zero-order valence-corrected chi connectivity index (χ0v) is 10.1. The molecule has 1 aromatic carbocycles. The first-order valence-corrected chi connectivity index (χ1v) is 5.85. The molecule has 0 unspecified atom stereocenters. The molecule has 0 saturated heterocycles. The summed E-state index contributed by atoms with van der Waals surface area (Å²) in [5, 5.41) is 0. The minimum Gasteiger partial charge on any atom is -0.469 e. The fourth-order valence-electron chi connectivity index (χ4n) is 1.83. The van der Waals surface area contributed by atoms with Gasteiger partial charge in [-0.3, -0.25) is 9.59 Å². The lowest BCUT2D eigenvalue weighted by Crippen LogP contribution is -2.11. The summed E-state index contributed by atoms with van der Waals surface area (Å²) in [6.45, 7) is 1.80. The van der Waals surface area contributed by atoms with E-state index in [0.29, 0.717) is 0 Å². The van der Waals surface area contributed by atoms with Crippen molar-refractivity contribution in [2.75, 3.05) is 7.11 Å². The monoisotopic (exact) mass is 232 g/mol. The number of benzene rings is 1. The molecule has 3 heteroatoms. The number of hydrogen-bond donors (Lipinski definition) is 0. The van der Waals surface area contributed by atoms with Gasteiger partial charge >= 0.3 is 5.97 Å². The molecule has 0 aliphatic heterocycles. The molecule has 3 nitrogen and oxygen atoms in total. The Kier molecular flexibility index (Phi) is 3.27. The third kappa shape index (κ3) is 2.54. The zero-order valence-electron chi connectivity index (χ0n) is 10.1. The topological polar surface area (TPSA) is 43.4 Å². The SMILES string of the molecule is COC(=O)[C@@H](C)c1ccc(C(=O)C2CC2)cc1. The molecule has 0 amide bonds. The van der Waals surface area contributed by atoms with Crippen molar-refractivity contribution < 1.29 is 14.3 Å². The van der Waals surface area contributed by atoms with Gasteiger partial charge in [0.1, 0.15) is 0 Å². The van der Waals surface area contributed by atoms with Gasteiger partial charge in [0.05, 0.1) is 13.0 Å². The maximum Gasteiger partial charge on any atom is 0.312 e. The number of hydrogen-bond acceptors (Lipinski definition) is 3. The Labute approximate surface area is 101 Å². The molecule has 0 aromatic heterocycles.